The molecule has 3 rings (SSSR count). The second-order valence-corrected chi connectivity index (χ2v) is 7.85. The summed E-state index contributed by atoms with van der Waals surface area (Å²) in [5.74, 6) is -1.27. The molecule has 0 bridgehead atoms. The van der Waals surface area contributed by atoms with Crippen molar-refractivity contribution < 1.29 is 14.0 Å². The number of rotatable bonds is 5. The van der Waals surface area contributed by atoms with Gasteiger partial charge < -0.3 is 10.6 Å². The van der Waals surface area contributed by atoms with E-state index in [9.17, 15) is 19.2 Å². The number of thioether (sulfide) groups is 1. The Morgan fingerprint density at radius 3 is 2.66 bits per heavy atom. The summed E-state index contributed by atoms with van der Waals surface area (Å²) >= 11 is 1.11. The fraction of sp³-hybridized carbons (Fsp3) is 0.227. The minimum absolute atomic E-state index is 0.0459. The molecule has 1 aliphatic heterocycles. The summed E-state index contributed by atoms with van der Waals surface area (Å²) in [6.45, 7) is 3.90. The summed E-state index contributed by atoms with van der Waals surface area (Å²) in [6, 6.07) is 13.7. The van der Waals surface area contributed by atoms with Crippen LogP contribution in [0, 0.1) is 31.0 Å². The summed E-state index contributed by atoms with van der Waals surface area (Å²) in [7, 11) is 0. The number of benzene rings is 2. The Balaban J connectivity index is 1.75. The van der Waals surface area contributed by atoms with E-state index in [1.54, 1.807) is 12.1 Å². The van der Waals surface area contributed by atoms with Gasteiger partial charge in [0.05, 0.1) is 22.4 Å². The summed E-state index contributed by atoms with van der Waals surface area (Å²) in [4.78, 5) is 24.5. The standard InChI is InChI=1S/C22H20FN3O2S/c1-13-3-8-19(14(2)9-13)25-21(28)12-29-22-18(11-24)17(10-20(27)26-22)15-4-6-16(23)7-5-15/h3-9,17H,10,12H2,1-2H3,(H,25,28)(H,26,27)/t17-/m0/s1. The van der Waals surface area contributed by atoms with Gasteiger partial charge >= 0.3 is 0 Å². The third kappa shape index (κ3) is 5.04. The van der Waals surface area contributed by atoms with E-state index >= 15 is 0 Å². The van der Waals surface area contributed by atoms with E-state index in [2.05, 4.69) is 16.7 Å². The largest absolute Gasteiger partial charge is 0.325 e. The lowest BCUT2D eigenvalue weighted by Gasteiger charge is -2.25. The first-order valence-electron chi connectivity index (χ1n) is 9.07. The van der Waals surface area contributed by atoms with Gasteiger partial charge in [0.2, 0.25) is 11.8 Å². The molecule has 0 unspecified atom stereocenters. The molecule has 0 saturated heterocycles. The minimum atomic E-state index is -0.459. The second-order valence-electron chi connectivity index (χ2n) is 6.87. The summed E-state index contributed by atoms with van der Waals surface area (Å²) in [6.07, 6.45) is 0.105. The lowest BCUT2D eigenvalue weighted by molar-refractivity contribution is -0.121. The first-order valence-corrected chi connectivity index (χ1v) is 10.1. The zero-order valence-corrected chi connectivity index (χ0v) is 16.9. The first kappa shape index (κ1) is 20.6. The number of carbonyl (C=O) groups excluding carboxylic acids is 2. The van der Waals surface area contributed by atoms with Gasteiger partial charge in [-0.1, -0.05) is 41.6 Å². The molecule has 1 heterocycles. The van der Waals surface area contributed by atoms with E-state index in [1.165, 1.54) is 12.1 Å². The van der Waals surface area contributed by atoms with Crippen molar-refractivity contribution in [3.05, 3.63) is 75.6 Å². The maximum Gasteiger partial charge on any atom is 0.234 e. The van der Waals surface area contributed by atoms with Gasteiger partial charge in [-0.05, 0) is 43.2 Å². The highest BCUT2D eigenvalue weighted by atomic mass is 32.2. The van der Waals surface area contributed by atoms with Crippen molar-refractivity contribution in [1.82, 2.24) is 5.32 Å². The van der Waals surface area contributed by atoms with Crippen LogP contribution in [0.2, 0.25) is 0 Å². The number of nitrogens with one attached hydrogen (secondary N) is 2. The smallest absolute Gasteiger partial charge is 0.234 e. The molecule has 2 amide bonds. The Hall–Kier alpha value is -3.11. The number of halogens is 1. The molecule has 29 heavy (non-hydrogen) atoms. The number of carbonyl (C=O) groups is 2. The summed E-state index contributed by atoms with van der Waals surface area (Å²) in [5.41, 5.74) is 3.86. The van der Waals surface area contributed by atoms with Crippen LogP contribution in [-0.2, 0) is 9.59 Å². The molecule has 0 aliphatic carbocycles. The number of hydrogen-bond donors (Lipinski definition) is 2. The van der Waals surface area contributed by atoms with Gasteiger partial charge in [-0.3, -0.25) is 9.59 Å². The third-order valence-corrected chi connectivity index (χ3v) is 5.65. The van der Waals surface area contributed by atoms with E-state index < -0.39 is 5.92 Å². The molecular weight excluding hydrogens is 389 g/mol. The molecule has 0 spiro atoms. The van der Waals surface area contributed by atoms with Crippen LogP contribution in [0.5, 0.6) is 0 Å². The molecule has 7 heteroatoms. The summed E-state index contributed by atoms with van der Waals surface area (Å²) < 4.78 is 13.2. The van der Waals surface area contributed by atoms with E-state index in [0.29, 0.717) is 16.2 Å². The number of anilines is 1. The van der Waals surface area contributed by atoms with Gasteiger partial charge in [0.15, 0.2) is 0 Å². The SMILES string of the molecule is Cc1ccc(NC(=O)CSC2=C(C#N)[C@H](c3ccc(F)cc3)CC(=O)N2)c(C)c1. The van der Waals surface area contributed by atoms with Gasteiger partial charge in [-0.25, -0.2) is 4.39 Å². The summed E-state index contributed by atoms with van der Waals surface area (Å²) in [5, 5.41) is 15.6. The molecule has 0 saturated carbocycles. The van der Waals surface area contributed by atoms with Crippen molar-refractivity contribution >= 4 is 29.3 Å². The van der Waals surface area contributed by atoms with Gasteiger partial charge in [-0.15, -0.1) is 0 Å². The van der Waals surface area contributed by atoms with Crippen LogP contribution in [0.1, 0.15) is 29.0 Å². The van der Waals surface area contributed by atoms with Crippen molar-refractivity contribution in [2.45, 2.75) is 26.2 Å². The van der Waals surface area contributed by atoms with Crippen LogP contribution in [0.3, 0.4) is 0 Å². The zero-order chi connectivity index (χ0) is 21.0. The highest BCUT2D eigenvalue weighted by Crippen LogP contribution is 2.36. The highest BCUT2D eigenvalue weighted by molar-refractivity contribution is 8.03. The van der Waals surface area contributed by atoms with Crippen molar-refractivity contribution in [3.63, 3.8) is 0 Å². The molecule has 2 N–H and O–H groups in total. The van der Waals surface area contributed by atoms with E-state index in [0.717, 1.165) is 28.6 Å². The maximum atomic E-state index is 13.2. The van der Waals surface area contributed by atoms with Crippen LogP contribution in [-0.4, -0.2) is 17.6 Å². The van der Waals surface area contributed by atoms with Gasteiger partial charge in [-0.2, -0.15) is 5.26 Å². The van der Waals surface area contributed by atoms with E-state index in [1.807, 2.05) is 32.0 Å². The van der Waals surface area contributed by atoms with Gasteiger partial charge in [0, 0.05) is 18.0 Å². The fourth-order valence-electron chi connectivity index (χ4n) is 3.19. The number of nitrogens with zero attached hydrogens (tertiary/aromatic N) is 1. The maximum absolute atomic E-state index is 13.2. The molecule has 0 fully saturated rings. The van der Waals surface area contributed by atoms with Crippen molar-refractivity contribution in [3.8, 4) is 6.07 Å². The van der Waals surface area contributed by atoms with Crippen molar-refractivity contribution in [2.75, 3.05) is 11.1 Å². The van der Waals surface area contributed by atoms with E-state index in [4.69, 9.17) is 0 Å². The quantitative estimate of drug-likeness (QED) is 0.777. The predicted molar refractivity (Wildman–Crippen MR) is 112 cm³/mol. The average molecular weight is 409 g/mol. The van der Waals surface area contributed by atoms with Crippen LogP contribution < -0.4 is 10.6 Å². The molecule has 0 radical (unpaired) electrons. The Kier molecular flexibility index (Phi) is 6.35. The van der Waals surface area contributed by atoms with Crippen LogP contribution in [0.15, 0.2) is 53.1 Å². The Labute approximate surface area is 173 Å². The molecule has 1 atom stereocenters. The molecule has 2 aromatic carbocycles. The molecule has 1 aliphatic rings. The average Bonchev–Trinajstić information content (AvgIpc) is 2.68. The highest BCUT2D eigenvalue weighted by Gasteiger charge is 2.29. The van der Waals surface area contributed by atoms with Crippen LogP contribution in [0.25, 0.3) is 0 Å². The minimum Gasteiger partial charge on any atom is -0.325 e. The van der Waals surface area contributed by atoms with Gasteiger partial charge in [0.25, 0.3) is 0 Å². The Morgan fingerprint density at radius 1 is 1.28 bits per heavy atom. The molecule has 148 valence electrons. The molecule has 5 nitrogen and oxygen atoms in total. The topological polar surface area (TPSA) is 82.0 Å². The van der Waals surface area contributed by atoms with Crippen molar-refractivity contribution in [1.29, 1.82) is 5.26 Å². The number of allylic oxidation sites excluding steroid dienone is 1. The monoisotopic (exact) mass is 409 g/mol. The Morgan fingerprint density at radius 2 is 2.00 bits per heavy atom. The molecule has 0 aromatic heterocycles. The van der Waals surface area contributed by atoms with E-state index in [-0.39, 0.29) is 29.8 Å². The number of hydrogen-bond acceptors (Lipinski definition) is 4. The third-order valence-electron chi connectivity index (χ3n) is 4.63. The van der Waals surface area contributed by atoms with Crippen LogP contribution in [0.4, 0.5) is 10.1 Å². The Bertz CT molecular complexity index is 1030. The first-order chi connectivity index (χ1) is 13.9. The molecular formula is C22H20FN3O2S. The zero-order valence-electron chi connectivity index (χ0n) is 16.1. The van der Waals surface area contributed by atoms with Crippen LogP contribution >= 0.6 is 11.8 Å². The van der Waals surface area contributed by atoms with Crippen molar-refractivity contribution in [2.24, 2.45) is 0 Å². The lowest BCUT2D eigenvalue weighted by atomic mass is 9.87. The van der Waals surface area contributed by atoms with Gasteiger partial charge in [0.1, 0.15) is 5.82 Å². The lowest BCUT2D eigenvalue weighted by Crippen LogP contribution is -2.31. The normalized spacial score (nSPS) is 16.2. The molecule has 2 aromatic rings. The predicted octanol–water partition coefficient (Wildman–Crippen LogP) is 4.15. The number of nitriles is 1. The number of aryl methyl sites for hydroxylation is 2. The fourth-order valence-corrected chi connectivity index (χ4v) is 4.07. The second kappa shape index (κ2) is 8.93. The number of amides is 2.